The first-order valence-electron chi connectivity index (χ1n) is 10.7. The maximum absolute atomic E-state index is 11.5. The van der Waals surface area contributed by atoms with Gasteiger partial charge in [-0.2, -0.15) is 26.3 Å². The first-order valence-corrected chi connectivity index (χ1v) is 16.1. The van der Waals surface area contributed by atoms with E-state index in [2.05, 4.69) is 27.7 Å². The summed E-state index contributed by atoms with van der Waals surface area (Å²) in [5, 5.41) is 0. The molecule has 0 fully saturated rings. The molecule has 0 atom stereocenters. The normalized spacial score (nSPS) is 13.6. The van der Waals surface area contributed by atoms with E-state index >= 15 is 0 Å². The molecule has 0 heterocycles. The van der Waals surface area contributed by atoms with Crippen LogP contribution in [0.4, 0.5) is 26.3 Å². The predicted molar refractivity (Wildman–Crippen MR) is 118 cm³/mol. The lowest BCUT2D eigenvalue weighted by atomic mass is 10.1. The van der Waals surface area contributed by atoms with E-state index in [4.69, 9.17) is 0 Å². The lowest BCUT2D eigenvalue weighted by molar-refractivity contribution is -0.929. The Labute approximate surface area is 190 Å². The summed E-state index contributed by atoms with van der Waals surface area (Å²) in [4.78, 5) is 0. The van der Waals surface area contributed by atoms with Gasteiger partial charge in [-0.05, 0) is 25.7 Å². The van der Waals surface area contributed by atoms with Gasteiger partial charge in [-0.15, -0.1) is 0 Å². The summed E-state index contributed by atoms with van der Waals surface area (Å²) >= 11 is 0. The number of hydrogen-bond acceptors (Lipinski definition) is 4. The van der Waals surface area contributed by atoms with E-state index in [9.17, 15) is 43.2 Å². The zero-order valence-electron chi connectivity index (χ0n) is 19.1. The molecular weight excluding hydrogens is 503 g/mol. The van der Waals surface area contributed by atoms with Gasteiger partial charge in [0.15, 0.2) is 0 Å². The van der Waals surface area contributed by atoms with Gasteiger partial charge in [0.05, 0.1) is 26.2 Å². The first kappa shape index (κ1) is 34.0. The molecule has 0 aliphatic carbocycles. The monoisotopic (exact) mass is 540 g/mol. The third kappa shape index (κ3) is 12.9. The lowest BCUT2D eigenvalue weighted by Gasteiger charge is -2.39. The average molecular weight is 541 g/mol. The highest BCUT2D eigenvalue weighted by Crippen LogP contribution is 2.46. The molecular formula is C18H37F6NO4PS2+. The Morgan fingerprint density at radius 3 is 0.938 bits per heavy atom. The van der Waals surface area contributed by atoms with Crippen molar-refractivity contribution in [1.82, 2.24) is 0 Å². The summed E-state index contributed by atoms with van der Waals surface area (Å²) in [6.45, 7) is 11.7. The molecule has 0 unspecified atom stereocenters. The van der Waals surface area contributed by atoms with Crippen LogP contribution in [0.2, 0.25) is 0 Å². The molecule has 0 spiro atoms. The third-order valence-electron chi connectivity index (χ3n) is 4.77. The van der Waals surface area contributed by atoms with Crippen LogP contribution in [0.5, 0.6) is 0 Å². The third-order valence-corrected chi connectivity index (χ3v) is 13.1. The number of rotatable bonds is 14. The molecule has 5 nitrogen and oxygen atoms in total. The molecule has 32 heavy (non-hydrogen) atoms. The molecule has 0 aromatic carbocycles. The molecule has 0 saturated heterocycles. The zero-order valence-corrected chi connectivity index (χ0v) is 21.8. The van der Waals surface area contributed by atoms with Crippen LogP contribution in [-0.2, 0) is 18.9 Å². The first-order chi connectivity index (χ1) is 14.4. The van der Waals surface area contributed by atoms with E-state index in [1.165, 1.54) is 82.0 Å². The van der Waals surface area contributed by atoms with Gasteiger partial charge in [0, 0.05) is 0 Å². The Kier molecular flexibility index (Phi) is 15.9. The highest BCUT2D eigenvalue weighted by molar-refractivity contribution is 8.76. The molecule has 196 valence electrons. The molecule has 0 amide bonds. The fourth-order valence-corrected chi connectivity index (χ4v) is 9.10. The summed E-state index contributed by atoms with van der Waals surface area (Å²) in [6.07, 6.45) is 11.1. The minimum Gasteiger partial charge on any atom is -0.324 e. The lowest BCUT2D eigenvalue weighted by Crippen LogP contribution is -2.50. The number of hydrogen-bond donors (Lipinski definition) is 0. The second kappa shape index (κ2) is 15.0. The highest BCUT2D eigenvalue weighted by Gasteiger charge is 2.55. The summed E-state index contributed by atoms with van der Waals surface area (Å²) in [5.74, 6) is 0. The van der Waals surface area contributed by atoms with Crippen LogP contribution in [0.3, 0.4) is 0 Å². The van der Waals surface area contributed by atoms with Crippen molar-refractivity contribution in [3.05, 3.63) is 0 Å². The maximum atomic E-state index is 11.5. The Morgan fingerprint density at radius 1 is 0.562 bits per heavy atom. The molecule has 0 N–H and O–H groups in total. The van der Waals surface area contributed by atoms with Gasteiger partial charge in [-0.3, -0.25) is 0 Å². The fraction of sp³-hybridized carbons (Fsp3) is 1.00. The van der Waals surface area contributed by atoms with E-state index in [0.717, 1.165) is 0 Å². The smallest absolute Gasteiger partial charge is 0.324 e. The molecule has 0 radical (unpaired) electrons. The van der Waals surface area contributed by atoms with E-state index in [1.807, 2.05) is 0 Å². The fourth-order valence-electron chi connectivity index (χ4n) is 2.88. The molecule has 0 rings (SSSR count). The van der Waals surface area contributed by atoms with Gasteiger partial charge in [0.25, 0.3) is 18.9 Å². The molecule has 0 aromatic rings. The van der Waals surface area contributed by atoms with E-state index in [1.54, 1.807) is 0 Å². The van der Waals surface area contributed by atoms with Crippen molar-refractivity contribution in [2.45, 2.75) is 90.1 Å². The van der Waals surface area contributed by atoms with Crippen molar-refractivity contribution >= 4 is 25.9 Å². The van der Waals surface area contributed by atoms with Gasteiger partial charge in [0.1, 0.15) is 6.98 Å². The van der Waals surface area contributed by atoms with Crippen molar-refractivity contribution in [1.29, 1.82) is 0 Å². The quantitative estimate of drug-likeness (QED) is 0.146. The molecule has 0 bridgehead atoms. The van der Waals surface area contributed by atoms with Crippen LogP contribution in [0.25, 0.3) is 0 Å². The number of unbranched alkanes of at least 4 members (excludes halogenated alkanes) is 4. The molecule has 14 heteroatoms. The Morgan fingerprint density at radius 2 is 0.781 bits per heavy atom. The van der Waals surface area contributed by atoms with Crippen molar-refractivity contribution in [3.8, 4) is 0 Å². The highest BCUT2D eigenvalue weighted by atomic mass is 33.1. The van der Waals surface area contributed by atoms with Crippen LogP contribution >= 0.6 is 6.98 Å². The number of quaternary nitrogens is 1. The predicted octanol–water partition coefficient (Wildman–Crippen LogP) is 6.37. The van der Waals surface area contributed by atoms with Crippen molar-refractivity contribution in [2.24, 2.45) is 0 Å². The van der Waals surface area contributed by atoms with Gasteiger partial charge < -0.3 is 4.48 Å². The van der Waals surface area contributed by atoms with Crippen LogP contribution in [-0.4, -0.2) is 58.5 Å². The summed E-state index contributed by atoms with van der Waals surface area (Å²) in [7, 11) is -12.6. The van der Waals surface area contributed by atoms with Crippen molar-refractivity contribution in [3.63, 3.8) is 0 Å². The van der Waals surface area contributed by atoms with Crippen molar-refractivity contribution in [2.75, 3.05) is 26.2 Å². The molecule has 0 aliphatic rings. The van der Waals surface area contributed by atoms with Gasteiger partial charge in [-0.1, -0.05) is 53.4 Å². The van der Waals surface area contributed by atoms with Crippen LogP contribution in [0.15, 0.2) is 0 Å². The number of halogens is 6. The Hall–Kier alpha value is -0.130. The van der Waals surface area contributed by atoms with Gasteiger partial charge in [0.2, 0.25) is 0 Å². The molecule has 0 saturated carbocycles. The standard InChI is InChI=1S/C16H36N.C2HF6O4PS2/c1-5-9-13-17(14-10-6-2,15-11-7-3)16-12-8-4;3-1(4,5)14(9,10)13-15(11,12)2(6,7)8/h5-16H2,1-4H3;13H/q+1;. The zero-order chi connectivity index (χ0) is 25.7. The topological polar surface area (TPSA) is 68.3 Å². The Bertz CT molecular complexity index is 630. The van der Waals surface area contributed by atoms with Crippen LogP contribution in [0.1, 0.15) is 79.1 Å². The second-order valence-electron chi connectivity index (χ2n) is 7.63. The van der Waals surface area contributed by atoms with Crippen molar-refractivity contribution < 1.29 is 47.7 Å². The number of alkyl halides is 6. The second-order valence-corrected chi connectivity index (χ2v) is 16.0. The summed E-state index contributed by atoms with van der Waals surface area (Å²) in [6, 6.07) is 0. The summed E-state index contributed by atoms with van der Waals surface area (Å²) < 4.78 is 111. The molecule has 0 aliphatic heterocycles. The average Bonchev–Trinajstić information content (AvgIpc) is 2.65. The maximum Gasteiger partial charge on any atom is 0.501 e. The molecule has 0 aromatic heterocycles. The SMILES string of the molecule is CCCC[N+](CCCC)(CCCC)CCCC.O=S(=O)(PS(=O)(=O)C(F)(F)F)C(F)(F)F. The van der Waals surface area contributed by atoms with E-state index in [-0.39, 0.29) is 0 Å². The summed E-state index contributed by atoms with van der Waals surface area (Å²) in [5.41, 5.74) is -12.0. The van der Waals surface area contributed by atoms with E-state index < -0.39 is 36.9 Å². The van der Waals surface area contributed by atoms with Crippen LogP contribution < -0.4 is 0 Å². The minimum atomic E-state index is -6.32. The van der Waals surface area contributed by atoms with Gasteiger partial charge in [-0.25, -0.2) is 16.8 Å². The Balaban J connectivity index is 0. The number of nitrogens with zero attached hydrogens (tertiary/aromatic N) is 1. The van der Waals surface area contributed by atoms with Gasteiger partial charge >= 0.3 is 11.0 Å². The van der Waals surface area contributed by atoms with Crippen LogP contribution in [0, 0.1) is 0 Å². The largest absolute Gasteiger partial charge is 0.501 e. The van der Waals surface area contributed by atoms with E-state index in [0.29, 0.717) is 0 Å². The minimum absolute atomic E-state index is 1.35.